The molecule has 1 amide bonds. The summed E-state index contributed by atoms with van der Waals surface area (Å²) in [5, 5.41) is 13.5. The number of halogens is 1. The first-order valence-corrected chi connectivity index (χ1v) is 7.91. The van der Waals surface area contributed by atoms with Crippen LogP contribution >= 0.6 is 11.6 Å². The van der Waals surface area contributed by atoms with Crippen LogP contribution in [0, 0.1) is 10.1 Å². The van der Waals surface area contributed by atoms with E-state index in [2.05, 4.69) is 5.32 Å². The number of hydrogen-bond donors (Lipinski definition) is 1. The Balaban J connectivity index is 1.56. The quantitative estimate of drug-likeness (QED) is 0.672. The number of rotatable bonds is 4. The van der Waals surface area contributed by atoms with Crippen LogP contribution in [0.4, 0.5) is 5.69 Å². The molecule has 1 aliphatic heterocycles. The van der Waals surface area contributed by atoms with Gasteiger partial charge in [0.15, 0.2) is 5.79 Å². The van der Waals surface area contributed by atoms with Gasteiger partial charge in [-0.05, 0) is 18.9 Å². The molecular formula is C15H17ClN2O5. The van der Waals surface area contributed by atoms with E-state index in [4.69, 9.17) is 21.1 Å². The molecule has 0 aromatic heterocycles. The maximum absolute atomic E-state index is 12.2. The van der Waals surface area contributed by atoms with Gasteiger partial charge < -0.3 is 14.8 Å². The van der Waals surface area contributed by atoms with Gasteiger partial charge in [0.05, 0.1) is 22.1 Å². The predicted molar refractivity (Wildman–Crippen MR) is 82.5 cm³/mol. The lowest BCUT2D eigenvalue weighted by atomic mass is 10.2. The average Bonchev–Trinajstić information content (AvgIpc) is 3.15. The Hall–Kier alpha value is -1.70. The maximum atomic E-state index is 12.2. The van der Waals surface area contributed by atoms with Crippen molar-refractivity contribution in [1.29, 1.82) is 0 Å². The summed E-state index contributed by atoms with van der Waals surface area (Å²) in [6, 6.07) is 3.77. The third kappa shape index (κ3) is 3.46. The van der Waals surface area contributed by atoms with Crippen molar-refractivity contribution in [2.75, 3.05) is 13.2 Å². The van der Waals surface area contributed by atoms with E-state index < -0.39 is 10.7 Å². The molecule has 1 saturated heterocycles. The molecule has 1 heterocycles. The number of carbonyl (C=O) groups excluding carboxylic acids is 1. The van der Waals surface area contributed by atoms with Crippen molar-refractivity contribution >= 4 is 23.2 Å². The molecule has 124 valence electrons. The van der Waals surface area contributed by atoms with Gasteiger partial charge in [-0.1, -0.05) is 11.6 Å². The minimum Gasteiger partial charge on any atom is -0.349 e. The Morgan fingerprint density at radius 2 is 2.17 bits per heavy atom. The highest BCUT2D eigenvalue weighted by Crippen LogP contribution is 2.39. The number of ether oxygens (including phenoxy) is 2. The third-order valence-corrected chi connectivity index (χ3v) is 4.49. The lowest BCUT2D eigenvalue weighted by Crippen LogP contribution is -2.35. The van der Waals surface area contributed by atoms with Crippen LogP contribution in [-0.2, 0) is 9.47 Å². The monoisotopic (exact) mass is 340 g/mol. The zero-order valence-corrected chi connectivity index (χ0v) is 13.2. The highest BCUT2D eigenvalue weighted by molar-refractivity contribution is 6.34. The summed E-state index contributed by atoms with van der Waals surface area (Å²) in [5.74, 6) is -0.846. The standard InChI is InChI=1S/C15H17ClN2O5/c16-13-7-10(18(20)21)3-4-12(13)14(19)17-8-11-9-22-15(23-11)5-1-2-6-15/h3-4,7,11H,1-2,5-6,8-9H2,(H,17,19)/t11-/m0/s1. The number of nitrogens with zero attached hydrogens (tertiary/aromatic N) is 1. The highest BCUT2D eigenvalue weighted by Gasteiger charge is 2.43. The largest absolute Gasteiger partial charge is 0.349 e. The minimum atomic E-state index is -0.557. The van der Waals surface area contributed by atoms with Crippen LogP contribution < -0.4 is 5.32 Å². The normalized spacial score (nSPS) is 22.4. The van der Waals surface area contributed by atoms with Gasteiger partial charge in [-0.15, -0.1) is 0 Å². The fourth-order valence-corrected chi connectivity index (χ4v) is 3.26. The summed E-state index contributed by atoms with van der Waals surface area (Å²) >= 11 is 5.94. The molecule has 8 heteroatoms. The molecule has 1 aromatic carbocycles. The Labute approximate surface area is 138 Å². The van der Waals surface area contributed by atoms with Crippen LogP contribution in [0.3, 0.4) is 0 Å². The number of nitrogens with one attached hydrogen (secondary N) is 1. The molecular weight excluding hydrogens is 324 g/mol. The predicted octanol–water partition coefficient (Wildman–Crippen LogP) is 2.66. The molecule has 23 heavy (non-hydrogen) atoms. The Morgan fingerprint density at radius 1 is 1.43 bits per heavy atom. The summed E-state index contributed by atoms with van der Waals surface area (Å²) in [6.07, 6.45) is 3.79. The van der Waals surface area contributed by atoms with E-state index >= 15 is 0 Å². The van der Waals surface area contributed by atoms with Crippen molar-refractivity contribution in [2.24, 2.45) is 0 Å². The molecule has 1 aliphatic carbocycles. The zero-order valence-electron chi connectivity index (χ0n) is 12.4. The van der Waals surface area contributed by atoms with Crippen molar-refractivity contribution < 1.29 is 19.2 Å². The molecule has 2 fully saturated rings. The number of amides is 1. The van der Waals surface area contributed by atoms with Crippen molar-refractivity contribution in [2.45, 2.75) is 37.6 Å². The maximum Gasteiger partial charge on any atom is 0.270 e. The number of hydrogen-bond acceptors (Lipinski definition) is 5. The Morgan fingerprint density at radius 3 is 2.83 bits per heavy atom. The van der Waals surface area contributed by atoms with Gasteiger partial charge in [-0.2, -0.15) is 0 Å². The van der Waals surface area contributed by atoms with Crippen LogP contribution in [0.2, 0.25) is 5.02 Å². The van der Waals surface area contributed by atoms with Crippen LogP contribution in [0.1, 0.15) is 36.0 Å². The number of carbonyl (C=O) groups is 1. The van der Waals surface area contributed by atoms with Gasteiger partial charge in [0.1, 0.15) is 6.10 Å². The molecule has 1 spiro atoms. The molecule has 0 radical (unpaired) electrons. The highest BCUT2D eigenvalue weighted by atomic mass is 35.5. The first-order valence-electron chi connectivity index (χ1n) is 7.53. The molecule has 0 bridgehead atoms. The second-order valence-electron chi connectivity index (χ2n) is 5.80. The number of benzene rings is 1. The van der Waals surface area contributed by atoms with Crippen molar-refractivity contribution in [3.05, 3.63) is 38.9 Å². The van der Waals surface area contributed by atoms with Gasteiger partial charge in [0, 0.05) is 31.5 Å². The summed E-state index contributed by atoms with van der Waals surface area (Å²) in [5.41, 5.74) is 0.0500. The second kappa shape index (κ2) is 6.43. The second-order valence-corrected chi connectivity index (χ2v) is 6.21. The fourth-order valence-electron chi connectivity index (χ4n) is 3.00. The van der Waals surface area contributed by atoms with Crippen molar-refractivity contribution in [3.8, 4) is 0 Å². The first-order chi connectivity index (χ1) is 11.0. The van der Waals surface area contributed by atoms with Crippen LogP contribution in [-0.4, -0.2) is 35.9 Å². The van der Waals surface area contributed by atoms with E-state index in [9.17, 15) is 14.9 Å². The molecule has 1 aromatic rings. The Bertz CT molecular complexity index is 630. The van der Waals surface area contributed by atoms with Gasteiger partial charge >= 0.3 is 0 Å². The summed E-state index contributed by atoms with van der Waals surface area (Å²) in [6.45, 7) is 0.766. The topological polar surface area (TPSA) is 90.7 Å². The number of nitro groups is 1. The SMILES string of the molecule is O=C(NC[C@H]1COC2(CCCC2)O1)c1ccc([N+](=O)[O-])cc1Cl. The fraction of sp³-hybridized carbons (Fsp3) is 0.533. The van der Waals surface area contributed by atoms with Gasteiger partial charge in [-0.3, -0.25) is 14.9 Å². The van der Waals surface area contributed by atoms with Crippen molar-refractivity contribution in [3.63, 3.8) is 0 Å². The van der Waals surface area contributed by atoms with E-state index in [-0.39, 0.29) is 28.3 Å². The molecule has 1 atom stereocenters. The third-order valence-electron chi connectivity index (χ3n) is 4.18. The minimum absolute atomic E-state index is 0.0487. The summed E-state index contributed by atoms with van der Waals surface area (Å²) < 4.78 is 11.7. The van der Waals surface area contributed by atoms with Gasteiger partial charge in [-0.25, -0.2) is 0 Å². The Kier molecular flexibility index (Phi) is 4.52. The van der Waals surface area contributed by atoms with Crippen LogP contribution in [0.5, 0.6) is 0 Å². The molecule has 7 nitrogen and oxygen atoms in total. The lowest BCUT2D eigenvalue weighted by Gasteiger charge is -2.22. The zero-order chi connectivity index (χ0) is 16.4. The van der Waals surface area contributed by atoms with E-state index in [0.717, 1.165) is 25.7 Å². The van der Waals surface area contributed by atoms with Crippen LogP contribution in [0.15, 0.2) is 18.2 Å². The van der Waals surface area contributed by atoms with E-state index in [1.807, 2.05) is 0 Å². The van der Waals surface area contributed by atoms with E-state index in [1.54, 1.807) is 0 Å². The smallest absolute Gasteiger partial charge is 0.270 e. The molecule has 0 unspecified atom stereocenters. The number of non-ortho nitro benzene ring substituents is 1. The first kappa shape index (κ1) is 16.2. The van der Waals surface area contributed by atoms with Crippen LogP contribution in [0.25, 0.3) is 0 Å². The van der Waals surface area contributed by atoms with Crippen molar-refractivity contribution in [1.82, 2.24) is 5.32 Å². The average molecular weight is 341 g/mol. The molecule has 1 N–H and O–H groups in total. The summed E-state index contributed by atoms with van der Waals surface area (Å²) in [7, 11) is 0. The van der Waals surface area contributed by atoms with E-state index in [0.29, 0.717) is 13.2 Å². The molecule has 1 saturated carbocycles. The summed E-state index contributed by atoms with van der Waals surface area (Å²) in [4.78, 5) is 22.3. The van der Waals surface area contributed by atoms with E-state index in [1.165, 1.54) is 18.2 Å². The lowest BCUT2D eigenvalue weighted by molar-refractivity contribution is -0.384. The van der Waals surface area contributed by atoms with Gasteiger partial charge in [0.25, 0.3) is 11.6 Å². The molecule has 2 aliphatic rings. The number of nitro benzene ring substituents is 1. The molecule has 3 rings (SSSR count). The van der Waals surface area contributed by atoms with Gasteiger partial charge in [0.2, 0.25) is 0 Å².